The Balaban J connectivity index is 0.794. The third kappa shape index (κ3) is 16.0. The number of allylic oxidation sites excluding steroid dienone is 1. The summed E-state index contributed by atoms with van der Waals surface area (Å²) in [5.74, 6) is -0.208. The van der Waals surface area contributed by atoms with E-state index in [0.29, 0.717) is 32.1 Å². The van der Waals surface area contributed by atoms with Gasteiger partial charge in [-0.1, -0.05) is 67.0 Å². The van der Waals surface area contributed by atoms with Crippen molar-refractivity contribution >= 4 is 0 Å². The van der Waals surface area contributed by atoms with Crippen LogP contribution in [0.1, 0.15) is 121 Å². The average molecular weight is 1640 g/mol. The van der Waals surface area contributed by atoms with Gasteiger partial charge in [-0.3, -0.25) is 0 Å². The summed E-state index contributed by atoms with van der Waals surface area (Å²) >= 11 is 0. The van der Waals surface area contributed by atoms with Crippen LogP contribution in [0.25, 0.3) is 0 Å². The van der Waals surface area contributed by atoms with E-state index in [0.717, 1.165) is 18.4 Å². The van der Waals surface area contributed by atoms with Crippen molar-refractivity contribution in [1.82, 2.24) is 0 Å². The summed E-state index contributed by atoms with van der Waals surface area (Å²) in [6.45, 7) is 13.9. The molecule has 25 N–H and O–H groups in total. The first kappa shape index (κ1) is 91.9. The van der Waals surface area contributed by atoms with Crippen LogP contribution in [-0.2, 0) is 66.3 Å². The van der Waals surface area contributed by atoms with Crippen LogP contribution in [0.5, 0.6) is 0 Å². The van der Waals surface area contributed by atoms with Crippen molar-refractivity contribution in [2.75, 3.05) is 46.2 Å². The first-order valence-corrected chi connectivity index (χ1v) is 39.3. The van der Waals surface area contributed by atoms with Gasteiger partial charge >= 0.3 is 0 Å². The Morgan fingerprint density at radius 1 is 0.389 bits per heavy atom. The summed E-state index contributed by atoms with van der Waals surface area (Å²) in [5.41, 5.74) is -4.51. The molecular formula is C74H126O39. The Labute approximate surface area is 653 Å². The second-order valence-electron chi connectivity index (χ2n) is 35.5. The molecule has 7 heterocycles. The van der Waals surface area contributed by atoms with Crippen LogP contribution in [0.15, 0.2) is 11.6 Å². The molecule has 0 aromatic carbocycles. The molecule has 0 amide bonds. The number of aliphatic hydroxyl groups is 25. The molecule has 0 aromatic heterocycles. The molecular weight excluding hydrogens is 1510 g/mol. The van der Waals surface area contributed by atoms with Crippen molar-refractivity contribution in [2.45, 2.75) is 359 Å². The van der Waals surface area contributed by atoms with Gasteiger partial charge in [0.05, 0.1) is 70.2 Å². The predicted molar refractivity (Wildman–Crippen MR) is 375 cm³/mol. The Hall–Kier alpha value is -1.82. The van der Waals surface area contributed by atoms with Crippen LogP contribution in [0.4, 0.5) is 0 Å². The van der Waals surface area contributed by atoms with E-state index in [9.17, 15) is 128 Å². The van der Waals surface area contributed by atoms with Crippen LogP contribution < -0.4 is 0 Å². The maximum Gasteiger partial charge on any atom is 0.187 e. The van der Waals surface area contributed by atoms with Crippen molar-refractivity contribution in [2.24, 2.45) is 44.3 Å². The molecule has 39 nitrogen and oxygen atoms in total. The van der Waals surface area contributed by atoms with Crippen molar-refractivity contribution < 1.29 is 194 Å². The minimum Gasteiger partial charge on any atom is -0.394 e. The standard InChI is InChI=1S/C74H126O39/c1-27(28-13-17-72(8)71(28,7)19-37(82)74(10)70(6)16-15-38(68(2,3)36(70)14-18-73(72,74)9)107-61-52(95)46(89)56(32(23-78)103-61)109-62-49(92)43(86)40(83)29(20-75)100-62)11-12-39(69(4,5)99)108-67-60(55(98)59(35(26-81)106-67)112-64-51(94)45(88)42(85)31(22-77)102-64)113-66-54(97)48(91)58(34(25-80)105-66)111-65-53(96)47(90)57(33(24-79)104-65)110-63-50(93)44(87)41(84)30(21-76)101-63/h14,27-35,37-67,75-99H,11-13,15-26H2,1-10H3/t27-,28?,29-,30-,31-,32-,33-,34-,35-,37?,38+,39-,40-,41-,42-,43+,44+,45+,46-,47-,48-,49-,50-,51-,52-,53-,54-,55+,56-,57-,58-,59-,60-,61?,62?,63?,64?,65?,66?,67?,70-,71-,72-,73+,74+/m1/s1. The van der Waals surface area contributed by atoms with Gasteiger partial charge in [0.2, 0.25) is 0 Å². The normalized spacial score (nSPS) is 52.9. The van der Waals surface area contributed by atoms with Crippen molar-refractivity contribution in [3.05, 3.63) is 11.6 Å². The fraction of sp³-hybridized carbons (Fsp3) is 0.973. The first-order chi connectivity index (χ1) is 52.9. The molecule has 7 aliphatic heterocycles. The Kier molecular flexibility index (Phi) is 28.6. The second kappa shape index (κ2) is 35.2. The minimum absolute atomic E-state index is 0.0522. The first-order valence-electron chi connectivity index (χ1n) is 39.3. The summed E-state index contributed by atoms with van der Waals surface area (Å²) in [5, 5.41) is 276. The zero-order valence-electron chi connectivity index (χ0n) is 65.2. The Bertz CT molecular complexity index is 3110. The zero-order valence-corrected chi connectivity index (χ0v) is 65.2. The number of fused-ring (bicyclic) bond motifs is 5. The van der Waals surface area contributed by atoms with Gasteiger partial charge in [-0.2, -0.15) is 0 Å². The van der Waals surface area contributed by atoms with Gasteiger partial charge in [0.25, 0.3) is 0 Å². The van der Waals surface area contributed by atoms with E-state index in [1.165, 1.54) is 13.8 Å². The number of rotatable bonds is 26. The summed E-state index contributed by atoms with van der Waals surface area (Å²) < 4.78 is 83.8. The lowest BCUT2D eigenvalue weighted by Crippen LogP contribution is -2.72. The lowest BCUT2D eigenvalue weighted by molar-refractivity contribution is -0.403. The monoisotopic (exact) mass is 1640 g/mol. The van der Waals surface area contributed by atoms with Gasteiger partial charge in [0.15, 0.2) is 44.0 Å². The number of hydrogen-bond donors (Lipinski definition) is 25. The molecule has 10 fully saturated rings. The SMILES string of the molecule is C[C@H](CC[C@@H](OC1O[C@H](CO)[C@@H](OC2O[C@H](CO)[C@@H](O)[C@H](O)[C@H]2O)[C@H](O)[C@H]1OC1O[C@H](CO)[C@@H](OC2O[C@H](CO)[C@@H](OC3O[C@H](CO)[C@@H](O)[C@H](O)[C@H]3O)[C@H](O)[C@H]2O)[C@H](O)[C@H]1O)C(C)(C)O)C1CC[C@@]2(C)[C@]3(C)CC=C4C(C)(C)[C@@H](OC5O[C@H](CO)[C@@H](OC6O[C@H](CO)[C@@H](O)[C@H](O)[C@H]6O)[C@H](O)[C@H]5O)CC[C@@]4(C)[C@]3(C)C(O)C[C@]12C. The summed E-state index contributed by atoms with van der Waals surface area (Å²) in [6.07, 6.45) is -61.3. The molecule has 7 saturated heterocycles. The topological polar surface area (TPSA) is 635 Å². The fourth-order valence-electron chi connectivity index (χ4n) is 21.3. The van der Waals surface area contributed by atoms with Gasteiger partial charge in [-0.05, 0) is 98.7 Å². The molecule has 39 heteroatoms. The molecule has 45 atom stereocenters. The molecule has 4 aliphatic carbocycles. The quantitative estimate of drug-likeness (QED) is 0.0358. The Morgan fingerprint density at radius 2 is 0.726 bits per heavy atom. The number of aliphatic hydroxyl groups excluding tert-OH is 24. The van der Waals surface area contributed by atoms with E-state index in [2.05, 4.69) is 47.6 Å². The molecule has 9 unspecified atom stereocenters. The molecule has 113 heavy (non-hydrogen) atoms. The molecule has 11 rings (SSSR count). The van der Waals surface area contributed by atoms with E-state index < -0.39 is 318 Å². The average Bonchev–Trinajstić information content (AvgIpc) is 1.62. The highest BCUT2D eigenvalue weighted by atomic mass is 16.8. The van der Waals surface area contributed by atoms with Gasteiger partial charge in [-0.25, -0.2) is 0 Å². The highest BCUT2D eigenvalue weighted by Crippen LogP contribution is 2.82. The summed E-state index contributed by atoms with van der Waals surface area (Å²) in [4.78, 5) is 0. The van der Waals surface area contributed by atoms with Crippen LogP contribution in [0, 0.1) is 44.3 Å². The summed E-state index contributed by atoms with van der Waals surface area (Å²) in [6, 6.07) is 0. The number of ether oxygens (including phenoxy) is 14. The maximum atomic E-state index is 13.3. The molecule has 3 saturated carbocycles. The smallest absolute Gasteiger partial charge is 0.187 e. The molecule has 656 valence electrons. The van der Waals surface area contributed by atoms with Crippen LogP contribution >= 0.6 is 0 Å². The maximum absolute atomic E-state index is 13.3. The lowest BCUT2D eigenvalue weighted by atomic mass is 9.29. The van der Waals surface area contributed by atoms with Gasteiger partial charge in [0, 0.05) is 10.8 Å². The lowest BCUT2D eigenvalue weighted by Gasteiger charge is -2.75. The molecule has 0 bridgehead atoms. The predicted octanol–water partition coefficient (Wildman–Crippen LogP) is -8.98. The van der Waals surface area contributed by atoms with E-state index >= 15 is 0 Å². The highest BCUT2D eigenvalue weighted by molar-refractivity contribution is 5.39. The van der Waals surface area contributed by atoms with Crippen molar-refractivity contribution in [3.63, 3.8) is 0 Å². The summed E-state index contributed by atoms with van der Waals surface area (Å²) in [7, 11) is 0. The molecule has 0 aromatic rings. The number of hydrogen-bond acceptors (Lipinski definition) is 39. The van der Waals surface area contributed by atoms with Crippen LogP contribution in [0.2, 0.25) is 0 Å². The van der Waals surface area contributed by atoms with Gasteiger partial charge in [-0.15, -0.1) is 0 Å². The van der Waals surface area contributed by atoms with Gasteiger partial charge in [0.1, 0.15) is 171 Å². The molecule has 0 spiro atoms. The Morgan fingerprint density at radius 3 is 1.10 bits per heavy atom. The van der Waals surface area contributed by atoms with E-state index in [-0.39, 0.29) is 18.3 Å². The second-order valence-corrected chi connectivity index (χ2v) is 35.5. The van der Waals surface area contributed by atoms with Crippen LogP contribution in [-0.4, -0.2) is 413 Å². The van der Waals surface area contributed by atoms with Crippen molar-refractivity contribution in [3.8, 4) is 0 Å². The van der Waals surface area contributed by atoms with E-state index in [1.54, 1.807) is 0 Å². The zero-order chi connectivity index (χ0) is 83.4. The third-order valence-electron chi connectivity index (χ3n) is 28.8. The third-order valence-corrected chi connectivity index (χ3v) is 28.8. The largest absolute Gasteiger partial charge is 0.394 e. The van der Waals surface area contributed by atoms with Crippen LogP contribution in [0.3, 0.4) is 0 Å². The highest BCUT2D eigenvalue weighted by Gasteiger charge is 2.78. The van der Waals surface area contributed by atoms with Gasteiger partial charge < -0.3 is 194 Å². The van der Waals surface area contributed by atoms with E-state index in [1.807, 2.05) is 13.8 Å². The minimum atomic E-state index is -2.27. The fourth-order valence-corrected chi connectivity index (χ4v) is 21.3. The van der Waals surface area contributed by atoms with E-state index in [4.69, 9.17) is 66.3 Å². The molecule has 0 radical (unpaired) electrons. The molecule has 11 aliphatic rings. The van der Waals surface area contributed by atoms with Crippen molar-refractivity contribution in [1.29, 1.82) is 0 Å².